The summed E-state index contributed by atoms with van der Waals surface area (Å²) in [6.07, 6.45) is -0.960. The topological polar surface area (TPSA) is 134 Å². The molecule has 0 saturated carbocycles. The van der Waals surface area contributed by atoms with Crippen molar-refractivity contribution in [2.75, 3.05) is 6.61 Å². The summed E-state index contributed by atoms with van der Waals surface area (Å²) in [4.78, 5) is 15.9. The fraction of sp³-hybridized carbons (Fsp3) is 0.556. The number of rotatable bonds is 3. The third-order valence-electron chi connectivity index (χ3n) is 2.34. The van der Waals surface area contributed by atoms with Crippen LogP contribution >= 0.6 is 0 Å². The Morgan fingerprint density at radius 1 is 1.65 bits per heavy atom. The highest BCUT2D eigenvalue weighted by Crippen LogP contribution is 2.23. The predicted molar refractivity (Wildman–Crippen MR) is 59.6 cm³/mol. The number of aliphatic hydroxyl groups is 2. The van der Waals surface area contributed by atoms with Crippen LogP contribution in [0.5, 0.6) is 0 Å². The van der Waals surface area contributed by atoms with E-state index in [4.69, 9.17) is 21.3 Å². The lowest BCUT2D eigenvalue weighted by Gasteiger charge is -2.22. The summed E-state index contributed by atoms with van der Waals surface area (Å²) in [6, 6.07) is -0.740. The molecular weight excluding hydrogens is 228 g/mol. The molecule has 1 aliphatic rings. The van der Waals surface area contributed by atoms with Gasteiger partial charge in [-0.25, -0.2) is 4.79 Å². The molecular formula is C9H16N4O4. The van der Waals surface area contributed by atoms with E-state index in [1.165, 1.54) is 6.20 Å². The van der Waals surface area contributed by atoms with Crippen molar-refractivity contribution >= 4 is 12.0 Å². The van der Waals surface area contributed by atoms with Gasteiger partial charge in [-0.3, -0.25) is 4.90 Å². The second kappa shape index (κ2) is 5.62. The molecule has 1 aliphatic heterocycles. The minimum absolute atomic E-state index is 0.156. The highest BCUT2D eigenvalue weighted by Gasteiger charge is 2.37. The molecule has 1 saturated heterocycles. The molecule has 1 heterocycles. The van der Waals surface area contributed by atoms with Gasteiger partial charge in [0.15, 0.2) is 5.96 Å². The Hall–Kier alpha value is -1.64. The number of nitrogens with two attached hydrogens (primary N) is 2. The lowest BCUT2D eigenvalue weighted by atomic mass is 10.2. The zero-order valence-corrected chi connectivity index (χ0v) is 9.19. The monoisotopic (exact) mass is 244 g/mol. The van der Waals surface area contributed by atoms with Crippen molar-refractivity contribution in [3.8, 4) is 0 Å². The lowest BCUT2D eigenvalue weighted by molar-refractivity contribution is -0.0524. The number of nitrogens with zero attached hydrogens (tertiary/aromatic N) is 2. The van der Waals surface area contributed by atoms with Gasteiger partial charge < -0.3 is 26.4 Å². The Kier molecular flexibility index (Phi) is 4.44. The van der Waals surface area contributed by atoms with Gasteiger partial charge in [-0.2, -0.15) is 4.99 Å². The molecule has 17 heavy (non-hydrogen) atoms. The number of aliphatic hydroxyl groups excluding tert-OH is 2. The van der Waals surface area contributed by atoms with Gasteiger partial charge in [-0.1, -0.05) is 6.58 Å². The van der Waals surface area contributed by atoms with Crippen LogP contribution in [0.25, 0.3) is 0 Å². The van der Waals surface area contributed by atoms with E-state index < -0.39 is 24.5 Å². The molecule has 0 aromatic carbocycles. The summed E-state index contributed by atoms with van der Waals surface area (Å²) in [6.45, 7) is 3.11. The van der Waals surface area contributed by atoms with Crippen LogP contribution in [0.15, 0.2) is 17.8 Å². The van der Waals surface area contributed by atoms with Gasteiger partial charge in [0, 0.05) is 12.6 Å². The Morgan fingerprint density at radius 2 is 2.29 bits per heavy atom. The van der Waals surface area contributed by atoms with Crippen molar-refractivity contribution in [1.82, 2.24) is 4.90 Å². The molecule has 6 N–H and O–H groups in total. The van der Waals surface area contributed by atoms with Gasteiger partial charge in [0.2, 0.25) is 0 Å². The summed E-state index contributed by atoms with van der Waals surface area (Å²) >= 11 is 0. The smallest absolute Gasteiger partial charge is 0.352 e. The molecule has 2 amide bonds. The highest BCUT2D eigenvalue weighted by atomic mass is 16.5. The zero-order valence-electron chi connectivity index (χ0n) is 9.19. The van der Waals surface area contributed by atoms with Gasteiger partial charge in [0.25, 0.3) is 0 Å². The Morgan fingerprint density at radius 3 is 2.71 bits per heavy atom. The second-order valence-electron chi connectivity index (χ2n) is 3.52. The first kappa shape index (κ1) is 13.4. The molecule has 0 spiro atoms. The number of guanidine groups is 1. The maximum atomic E-state index is 11.6. The van der Waals surface area contributed by atoms with E-state index in [2.05, 4.69) is 11.6 Å². The van der Waals surface area contributed by atoms with E-state index in [0.717, 1.165) is 4.90 Å². The van der Waals surface area contributed by atoms with Crippen LogP contribution < -0.4 is 11.5 Å². The molecule has 0 bridgehead atoms. The van der Waals surface area contributed by atoms with Gasteiger partial charge in [0.05, 0.1) is 12.7 Å². The maximum absolute atomic E-state index is 11.6. The first-order valence-electron chi connectivity index (χ1n) is 4.98. The summed E-state index contributed by atoms with van der Waals surface area (Å²) in [5.41, 5.74) is 10.2. The first-order chi connectivity index (χ1) is 7.99. The normalized spacial score (nSPS) is 27.5. The SMILES string of the molecule is C=CN(C(=O)N=C(N)N)[C@H]1C[C@@H](O)[C@@H](CO)O1. The summed E-state index contributed by atoms with van der Waals surface area (Å²) in [5.74, 6) is -0.376. The third-order valence-corrected chi connectivity index (χ3v) is 2.34. The van der Waals surface area contributed by atoms with E-state index in [1.54, 1.807) is 0 Å². The van der Waals surface area contributed by atoms with Crippen molar-refractivity contribution < 1.29 is 19.7 Å². The number of amides is 2. The van der Waals surface area contributed by atoms with E-state index in [-0.39, 0.29) is 19.0 Å². The molecule has 0 radical (unpaired) electrons. The van der Waals surface area contributed by atoms with E-state index in [1.807, 2.05) is 0 Å². The Labute approximate surface area is 98.2 Å². The minimum atomic E-state index is -0.848. The van der Waals surface area contributed by atoms with Gasteiger partial charge in [-0.05, 0) is 0 Å². The van der Waals surface area contributed by atoms with Crippen LogP contribution in [-0.4, -0.2) is 52.1 Å². The van der Waals surface area contributed by atoms with Crippen LogP contribution in [0.4, 0.5) is 4.79 Å². The van der Waals surface area contributed by atoms with Crippen LogP contribution in [0, 0.1) is 0 Å². The molecule has 1 rings (SSSR count). The van der Waals surface area contributed by atoms with Crippen molar-refractivity contribution in [3.05, 3.63) is 12.8 Å². The fourth-order valence-electron chi connectivity index (χ4n) is 1.54. The van der Waals surface area contributed by atoms with Crippen LogP contribution in [0.3, 0.4) is 0 Å². The van der Waals surface area contributed by atoms with Crippen LogP contribution in [0.2, 0.25) is 0 Å². The fourth-order valence-corrected chi connectivity index (χ4v) is 1.54. The molecule has 1 fully saturated rings. The number of hydrogen-bond donors (Lipinski definition) is 4. The summed E-state index contributed by atoms with van der Waals surface area (Å²) < 4.78 is 5.26. The van der Waals surface area contributed by atoms with Crippen molar-refractivity contribution in [3.63, 3.8) is 0 Å². The van der Waals surface area contributed by atoms with Gasteiger partial charge >= 0.3 is 6.03 Å². The zero-order chi connectivity index (χ0) is 13.0. The number of carbonyl (C=O) groups is 1. The first-order valence-corrected chi connectivity index (χ1v) is 4.98. The number of aliphatic imine (C=N–C) groups is 1. The summed E-state index contributed by atoms with van der Waals surface area (Å²) in [7, 11) is 0. The number of carbonyl (C=O) groups excluding carboxylic acids is 1. The molecule has 8 nitrogen and oxygen atoms in total. The highest BCUT2D eigenvalue weighted by molar-refractivity contribution is 5.91. The number of hydrogen-bond acceptors (Lipinski definition) is 4. The van der Waals surface area contributed by atoms with Crippen LogP contribution in [0.1, 0.15) is 6.42 Å². The van der Waals surface area contributed by atoms with E-state index in [0.29, 0.717) is 0 Å². The molecule has 0 aromatic heterocycles. The Balaban J connectivity index is 2.73. The predicted octanol–water partition coefficient (Wildman–Crippen LogP) is -1.71. The maximum Gasteiger partial charge on any atom is 0.352 e. The van der Waals surface area contributed by atoms with E-state index in [9.17, 15) is 9.90 Å². The Bertz CT molecular complexity index is 329. The second-order valence-corrected chi connectivity index (χ2v) is 3.52. The standard InChI is InChI=1S/C9H16N4O4/c1-2-13(9(16)12-8(10)11)7-3-5(15)6(4-14)17-7/h2,5-7,14-15H,1,3-4H2,(H4,10,11,12,16)/t5-,6-,7-/m1/s1. The third kappa shape index (κ3) is 3.16. The van der Waals surface area contributed by atoms with E-state index >= 15 is 0 Å². The molecule has 8 heteroatoms. The minimum Gasteiger partial charge on any atom is -0.394 e. The molecule has 0 aliphatic carbocycles. The largest absolute Gasteiger partial charge is 0.394 e. The van der Waals surface area contributed by atoms with Crippen molar-refractivity contribution in [1.29, 1.82) is 0 Å². The number of urea groups is 1. The quantitative estimate of drug-likeness (QED) is 0.345. The van der Waals surface area contributed by atoms with Gasteiger partial charge in [-0.15, -0.1) is 0 Å². The van der Waals surface area contributed by atoms with Crippen molar-refractivity contribution in [2.24, 2.45) is 16.5 Å². The average Bonchev–Trinajstić information content (AvgIpc) is 2.59. The average molecular weight is 244 g/mol. The number of ether oxygens (including phenoxy) is 1. The molecule has 3 atom stereocenters. The summed E-state index contributed by atoms with van der Waals surface area (Å²) in [5, 5.41) is 18.4. The van der Waals surface area contributed by atoms with Crippen molar-refractivity contribution in [2.45, 2.75) is 24.9 Å². The molecule has 0 aromatic rings. The van der Waals surface area contributed by atoms with Crippen LogP contribution in [-0.2, 0) is 4.74 Å². The molecule has 0 unspecified atom stereocenters. The lowest BCUT2D eigenvalue weighted by Crippen LogP contribution is -2.36. The molecule has 96 valence electrons. The van der Waals surface area contributed by atoms with Gasteiger partial charge in [0.1, 0.15) is 12.3 Å².